The van der Waals surface area contributed by atoms with E-state index in [1.807, 2.05) is 4.90 Å². The Morgan fingerprint density at radius 1 is 1.03 bits per heavy atom. The SMILES string of the molecule is CCc1c(C)c2c3c(cc(C)n3CCN2c2ncc(OS(=O)(=O)C(F)(F)F)cn2)c1-c1ccc(C)cc1. The monoisotopic (exact) mass is 530 g/mol. The van der Waals surface area contributed by atoms with Crippen LogP contribution in [0.15, 0.2) is 42.7 Å². The van der Waals surface area contributed by atoms with Crippen LogP contribution in [0.25, 0.3) is 22.0 Å². The molecule has 3 heterocycles. The predicted octanol–water partition coefficient (Wildman–Crippen LogP) is 5.97. The van der Waals surface area contributed by atoms with Crippen LogP contribution in [0.4, 0.5) is 24.8 Å². The number of anilines is 2. The Labute approximate surface area is 212 Å². The average molecular weight is 531 g/mol. The Hall–Kier alpha value is -3.60. The first kappa shape index (κ1) is 25.1. The van der Waals surface area contributed by atoms with Gasteiger partial charge in [0.2, 0.25) is 5.95 Å². The van der Waals surface area contributed by atoms with Gasteiger partial charge in [0.05, 0.1) is 23.6 Å². The molecule has 7 nitrogen and oxygen atoms in total. The van der Waals surface area contributed by atoms with Crippen LogP contribution in [0.5, 0.6) is 5.75 Å². The maximum Gasteiger partial charge on any atom is 0.534 e. The van der Waals surface area contributed by atoms with E-state index >= 15 is 0 Å². The van der Waals surface area contributed by atoms with Crippen LogP contribution in [0.2, 0.25) is 0 Å². The fraction of sp³-hybridized carbons (Fsp3) is 0.308. The number of aryl methyl sites for hydroxylation is 2. The van der Waals surface area contributed by atoms with Gasteiger partial charge in [-0.05, 0) is 55.5 Å². The summed E-state index contributed by atoms with van der Waals surface area (Å²) in [5.41, 5.74) is 3.30. The van der Waals surface area contributed by atoms with E-state index in [-0.39, 0.29) is 5.95 Å². The molecule has 0 atom stereocenters. The van der Waals surface area contributed by atoms with Crippen LogP contribution in [0, 0.1) is 20.8 Å². The number of alkyl halides is 3. The molecule has 11 heteroatoms. The third-order valence-corrected chi connectivity index (χ3v) is 7.74. The van der Waals surface area contributed by atoms with Crippen LogP contribution in [-0.2, 0) is 23.1 Å². The van der Waals surface area contributed by atoms with Gasteiger partial charge in [0, 0.05) is 24.2 Å². The van der Waals surface area contributed by atoms with Crippen LogP contribution in [0.1, 0.15) is 29.3 Å². The average Bonchev–Trinajstić information content (AvgIpc) is 3.18. The topological polar surface area (TPSA) is 77.3 Å². The van der Waals surface area contributed by atoms with E-state index in [2.05, 4.69) is 76.7 Å². The standard InChI is InChI=1S/C26H25F3N4O3S/c1-5-20-17(4)23-24-21(22(20)18-8-6-15(2)7-9-18)12-16(3)32(24)10-11-33(23)25-30-13-19(14-31-25)36-37(34,35)26(27,28)29/h6-9,12-14H,5,10-11H2,1-4H3. The largest absolute Gasteiger partial charge is 0.534 e. The van der Waals surface area contributed by atoms with Gasteiger partial charge in [-0.3, -0.25) is 0 Å². The highest BCUT2D eigenvalue weighted by atomic mass is 32.2. The van der Waals surface area contributed by atoms with Gasteiger partial charge in [-0.1, -0.05) is 36.8 Å². The lowest BCUT2D eigenvalue weighted by Crippen LogP contribution is -2.30. The molecule has 1 aliphatic rings. The summed E-state index contributed by atoms with van der Waals surface area (Å²) >= 11 is 0. The van der Waals surface area contributed by atoms with Crippen molar-refractivity contribution in [1.29, 1.82) is 0 Å². The molecule has 0 fully saturated rings. The lowest BCUT2D eigenvalue weighted by molar-refractivity contribution is -0.0500. The van der Waals surface area contributed by atoms with Gasteiger partial charge < -0.3 is 13.7 Å². The molecule has 2 aromatic carbocycles. The van der Waals surface area contributed by atoms with Crippen molar-refractivity contribution >= 4 is 32.7 Å². The Bertz CT molecular complexity index is 1610. The molecule has 0 saturated heterocycles. The van der Waals surface area contributed by atoms with Crippen molar-refractivity contribution in [2.45, 2.75) is 46.2 Å². The molecular formula is C26H25F3N4O3S. The highest BCUT2D eigenvalue weighted by Crippen LogP contribution is 2.46. The molecule has 0 spiro atoms. The molecule has 0 bridgehead atoms. The zero-order valence-corrected chi connectivity index (χ0v) is 21.5. The van der Waals surface area contributed by atoms with Gasteiger partial charge in [0.25, 0.3) is 0 Å². The maximum absolute atomic E-state index is 12.7. The van der Waals surface area contributed by atoms with E-state index in [0.717, 1.165) is 52.2 Å². The van der Waals surface area contributed by atoms with E-state index < -0.39 is 21.4 Å². The molecule has 5 rings (SSSR count). The summed E-state index contributed by atoms with van der Waals surface area (Å²) in [6.07, 6.45) is 2.68. The number of benzene rings is 2. The number of halogens is 3. The molecule has 4 aromatic rings. The fourth-order valence-electron chi connectivity index (χ4n) is 5.08. The lowest BCUT2D eigenvalue weighted by Gasteiger charge is -2.33. The Kier molecular flexibility index (Phi) is 5.93. The van der Waals surface area contributed by atoms with Gasteiger partial charge in [-0.2, -0.15) is 21.6 Å². The number of nitrogens with zero attached hydrogens (tertiary/aromatic N) is 4. The van der Waals surface area contributed by atoms with Crippen molar-refractivity contribution < 1.29 is 25.8 Å². The maximum atomic E-state index is 12.7. The summed E-state index contributed by atoms with van der Waals surface area (Å²) < 4.78 is 67.2. The van der Waals surface area contributed by atoms with Gasteiger partial charge in [-0.25, -0.2) is 9.97 Å². The first-order valence-corrected chi connectivity index (χ1v) is 13.2. The minimum Gasteiger partial charge on any atom is -0.373 e. The fourth-order valence-corrected chi connectivity index (χ4v) is 5.52. The zero-order chi connectivity index (χ0) is 26.7. The Balaban J connectivity index is 1.64. The molecule has 1 aliphatic heterocycles. The van der Waals surface area contributed by atoms with Crippen molar-refractivity contribution in [3.63, 3.8) is 0 Å². The molecule has 2 aromatic heterocycles. The zero-order valence-electron chi connectivity index (χ0n) is 20.7. The van der Waals surface area contributed by atoms with E-state index in [1.54, 1.807) is 0 Å². The minimum atomic E-state index is -5.80. The summed E-state index contributed by atoms with van der Waals surface area (Å²) in [6.45, 7) is 9.49. The summed E-state index contributed by atoms with van der Waals surface area (Å²) in [6, 6.07) is 10.7. The molecule has 0 radical (unpaired) electrons. The Morgan fingerprint density at radius 3 is 2.27 bits per heavy atom. The lowest BCUT2D eigenvalue weighted by atomic mass is 9.89. The number of hydrogen-bond donors (Lipinski definition) is 0. The third-order valence-electron chi connectivity index (χ3n) is 6.76. The predicted molar refractivity (Wildman–Crippen MR) is 136 cm³/mol. The first-order chi connectivity index (χ1) is 17.4. The molecule has 0 saturated carbocycles. The van der Waals surface area contributed by atoms with Crippen LogP contribution in [0.3, 0.4) is 0 Å². The second kappa shape index (κ2) is 8.76. The molecule has 37 heavy (non-hydrogen) atoms. The second-order valence-electron chi connectivity index (χ2n) is 9.10. The van der Waals surface area contributed by atoms with Crippen LogP contribution in [-0.4, -0.2) is 35.0 Å². The number of hydrogen-bond acceptors (Lipinski definition) is 6. The number of aromatic nitrogens is 3. The first-order valence-electron chi connectivity index (χ1n) is 11.8. The van der Waals surface area contributed by atoms with Crippen molar-refractivity contribution in [3.8, 4) is 16.9 Å². The highest BCUT2D eigenvalue weighted by Gasteiger charge is 2.48. The summed E-state index contributed by atoms with van der Waals surface area (Å²) in [5.74, 6) is -0.362. The van der Waals surface area contributed by atoms with Gasteiger partial charge >= 0.3 is 15.6 Å². The van der Waals surface area contributed by atoms with Gasteiger partial charge in [0.1, 0.15) is 0 Å². The molecule has 0 unspecified atom stereocenters. The minimum absolute atomic E-state index is 0.247. The van der Waals surface area contributed by atoms with E-state index in [1.165, 1.54) is 16.7 Å². The van der Waals surface area contributed by atoms with Crippen molar-refractivity contribution in [2.75, 3.05) is 11.4 Å². The van der Waals surface area contributed by atoms with E-state index in [9.17, 15) is 21.6 Å². The molecule has 0 N–H and O–H groups in total. The summed E-state index contributed by atoms with van der Waals surface area (Å²) in [5, 5.41) is 1.11. The molecule has 0 aliphatic carbocycles. The Morgan fingerprint density at radius 2 is 1.68 bits per heavy atom. The smallest absolute Gasteiger partial charge is 0.373 e. The summed E-state index contributed by atoms with van der Waals surface area (Å²) in [4.78, 5) is 10.3. The van der Waals surface area contributed by atoms with Gasteiger partial charge in [-0.15, -0.1) is 0 Å². The normalized spacial score (nSPS) is 13.9. The second-order valence-corrected chi connectivity index (χ2v) is 10.6. The van der Waals surface area contributed by atoms with Crippen LogP contribution >= 0.6 is 0 Å². The quantitative estimate of drug-likeness (QED) is 0.234. The molecular weight excluding hydrogens is 505 g/mol. The van der Waals surface area contributed by atoms with Gasteiger partial charge in [0.15, 0.2) is 5.75 Å². The highest BCUT2D eigenvalue weighted by molar-refractivity contribution is 7.88. The summed E-state index contributed by atoms with van der Waals surface area (Å²) in [7, 11) is -5.80. The van der Waals surface area contributed by atoms with Crippen molar-refractivity contribution in [1.82, 2.24) is 14.5 Å². The van der Waals surface area contributed by atoms with Crippen molar-refractivity contribution in [3.05, 3.63) is 65.1 Å². The molecule has 0 amide bonds. The van der Waals surface area contributed by atoms with E-state index in [4.69, 9.17) is 0 Å². The third kappa shape index (κ3) is 4.11. The molecule has 194 valence electrons. The van der Waals surface area contributed by atoms with Crippen LogP contribution < -0.4 is 9.08 Å². The number of rotatable bonds is 5. The van der Waals surface area contributed by atoms with E-state index in [0.29, 0.717) is 13.1 Å². The van der Waals surface area contributed by atoms with Crippen molar-refractivity contribution in [2.24, 2.45) is 0 Å².